The summed E-state index contributed by atoms with van der Waals surface area (Å²) in [6.45, 7) is 0.0574. The third-order valence-electron chi connectivity index (χ3n) is 2.64. The Kier molecular flexibility index (Phi) is 4.26. The lowest BCUT2D eigenvalue weighted by Crippen LogP contribution is -2.01. The second-order valence-corrected chi connectivity index (χ2v) is 3.90. The summed E-state index contributed by atoms with van der Waals surface area (Å²) in [7, 11) is 1.50. The molecular weight excluding hydrogens is 247 g/mol. The maximum atomic E-state index is 13.8. The summed E-state index contributed by atoms with van der Waals surface area (Å²) in [6, 6.07) is 11.2. The van der Waals surface area contributed by atoms with Crippen LogP contribution < -0.4 is 4.74 Å². The summed E-state index contributed by atoms with van der Waals surface area (Å²) in [5.74, 6) is 0.102. The number of carbonyl (C=O) groups excluding carboxylic acids is 1. The molecule has 0 saturated carbocycles. The zero-order chi connectivity index (χ0) is 13.7. The maximum absolute atomic E-state index is 13.8. The summed E-state index contributed by atoms with van der Waals surface area (Å²) in [6.07, 6.45) is 0.713. The molecule has 0 aliphatic heterocycles. The van der Waals surface area contributed by atoms with Crippen LogP contribution in [0.2, 0.25) is 0 Å². The van der Waals surface area contributed by atoms with Crippen molar-refractivity contribution in [1.82, 2.24) is 0 Å². The average Bonchev–Trinajstić information content (AvgIpc) is 2.45. The van der Waals surface area contributed by atoms with Gasteiger partial charge in [-0.1, -0.05) is 18.2 Å². The number of methoxy groups -OCH3 is 1. The van der Waals surface area contributed by atoms with E-state index in [2.05, 4.69) is 0 Å². The molecule has 2 rings (SSSR count). The Labute approximate surface area is 110 Å². The first-order valence-corrected chi connectivity index (χ1v) is 5.72. The predicted octanol–water partition coefficient (Wildman–Crippen LogP) is 3.29. The van der Waals surface area contributed by atoms with Crippen molar-refractivity contribution in [2.75, 3.05) is 13.9 Å². The molecule has 0 fully saturated rings. The number of hydrogen-bond donors (Lipinski definition) is 0. The van der Waals surface area contributed by atoms with Crippen LogP contribution in [0.15, 0.2) is 42.5 Å². The van der Waals surface area contributed by atoms with E-state index in [1.54, 1.807) is 36.4 Å². The number of carbonyl (C=O) groups is 1. The van der Waals surface area contributed by atoms with Gasteiger partial charge >= 0.3 is 0 Å². The van der Waals surface area contributed by atoms with Gasteiger partial charge in [0.2, 0.25) is 0 Å². The fourth-order valence-corrected chi connectivity index (χ4v) is 1.76. The van der Waals surface area contributed by atoms with E-state index in [-0.39, 0.29) is 12.6 Å². The molecule has 2 aromatic rings. The number of hydrogen-bond acceptors (Lipinski definition) is 3. The first-order chi connectivity index (χ1) is 9.26. The monoisotopic (exact) mass is 260 g/mol. The topological polar surface area (TPSA) is 35.5 Å². The second kappa shape index (κ2) is 6.11. The summed E-state index contributed by atoms with van der Waals surface area (Å²) in [4.78, 5) is 10.8. The van der Waals surface area contributed by atoms with Gasteiger partial charge in [0.15, 0.2) is 6.79 Å². The Bertz CT molecular complexity index is 581. The number of rotatable bonds is 5. The predicted molar refractivity (Wildman–Crippen MR) is 69.7 cm³/mol. The SMILES string of the molecule is COCOc1ccc(C=O)cc1-c1ccccc1F. The van der Waals surface area contributed by atoms with E-state index in [4.69, 9.17) is 9.47 Å². The summed E-state index contributed by atoms with van der Waals surface area (Å²) < 4.78 is 24.1. The van der Waals surface area contributed by atoms with Gasteiger partial charge in [-0.2, -0.15) is 0 Å². The van der Waals surface area contributed by atoms with E-state index in [9.17, 15) is 9.18 Å². The minimum absolute atomic E-state index is 0.0574. The standard InChI is InChI=1S/C15H13FO3/c1-18-10-19-15-7-6-11(9-17)8-13(15)12-4-2-3-5-14(12)16/h2-9H,10H2,1H3. The van der Waals surface area contributed by atoms with Crippen LogP contribution in [0, 0.1) is 5.82 Å². The van der Waals surface area contributed by atoms with Crippen molar-refractivity contribution in [3.63, 3.8) is 0 Å². The van der Waals surface area contributed by atoms with E-state index >= 15 is 0 Å². The molecular formula is C15H13FO3. The summed E-state index contributed by atoms with van der Waals surface area (Å²) in [5, 5.41) is 0. The van der Waals surface area contributed by atoms with Crippen molar-refractivity contribution < 1.29 is 18.7 Å². The molecule has 0 amide bonds. The molecule has 0 aromatic heterocycles. The van der Waals surface area contributed by atoms with Gasteiger partial charge in [-0.15, -0.1) is 0 Å². The zero-order valence-corrected chi connectivity index (χ0v) is 10.4. The fraction of sp³-hybridized carbons (Fsp3) is 0.133. The van der Waals surface area contributed by atoms with Gasteiger partial charge in [0.05, 0.1) is 0 Å². The Balaban J connectivity index is 2.51. The summed E-state index contributed by atoms with van der Waals surface area (Å²) in [5.41, 5.74) is 1.38. The van der Waals surface area contributed by atoms with Gasteiger partial charge in [-0.3, -0.25) is 4.79 Å². The lowest BCUT2D eigenvalue weighted by Gasteiger charge is -2.12. The summed E-state index contributed by atoms with van der Waals surface area (Å²) >= 11 is 0. The maximum Gasteiger partial charge on any atom is 0.188 e. The van der Waals surface area contributed by atoms with Crippen molar-refractivity contribution in [2.24, 2.45) is 0 Å². The molecule has 19 heavy (non-hydrogen) atoms. The molecule has 0 spiro atoms. The first kappa shape index (κ1) is 13.2. The molecule has 98 valence electrons. The highest BCUT2D eigenvalue weighted by Crippen LogP contribution is 2.32. The quantitative estimate of drug-likeness (QED) is 0.611. The first-order valence-electron chi connectivity index (χ1n) is 5.72. The van der Waals surface area contributed by atoms with Crippen LogP contribution in [0.1, 0.15) is 10.4 Å². The number of aldehydes is 1. The van der Waals surface area contributed by atoms with Crippen molar-refractivity contribution in [1.29, 1.82) is 0 Å². The zero-order valence-electron chi connectivity index (χ0n) is 10.4. The lowest BCUT2D eigenvalue weighted by molar-refractivity contribution is 0.0515. The van der Waals surface area contributed by atoms with Crippen LogP contribution in [-0.2, 0) is 4.74 Å². The smallest absolute Gasteiger partial charge is 0.188 e. The third-order valence-corrected chi connectivity index (χ3v) is 2.64. The highest BCUT2D eigenvalue weighted by molar-refractivity contribution is 5.81. The van der Waals surface area contributed by atoms with Crippen LogP contribution in [0.5, 0.6) is 5.75 Å². The van der Waals surface area contributed by atoms with Gasteiger partial charge in [-0.25, -0.2) is 4.39 Å². The molecule has 0 N–H and O–H groups in total. The van der Waals surface area contributed by atoms with Gasteiger partial charge in [0, 0.05) is 23.8 Å². The Morgan fingerprint density at radius 3 is 2.63 bits per heavy atom. The Hall–Kier alpha value is -2.20. The third kappa shape index (κ3) is 2.98. The molecule has 0 bridgehead atoms. The van der Waals surface area contributed by atoms with Crippen molar-refractivity contribution in [2.45, 2.75) is 0 Å². The van der Waals surface area contributed by atoms with Crippen LogP contribution >= 0.6 is 0 Å². The largest absolute Gasteiger partial charge is 0.467 e. The lowest BCUT2D eigenvalue weighted by atomic mass is 10.0. The second-order valence-electron chi connectivity index (χ2n) is 3.90. The van der Waals surface area contributed by atoms with Gasteiger partial charge in [-0.05, 0) is 24.3 Å². The van der Waals surface area contributed by atoms with Gasteiger partial charge in [0.25, 0.3) is 0 Å². The molecule has 0 unspecified atom stereocenters. The highest BCUT2D eigenvalue weighted by atomic mass is 19.1. The molecule has 3 nitrogen and oxygen atoms in total. The number of ether oxygens (including phenoxy) is 2. The average molecular weight is 260 g/mol. The molecule has 4 heteroatoms. The highest BCUT2D eigenvalue weighted by Gasteiger charge is 2.11. The van der Waals surface area contributed by atoms with Crippen LogP contribution in [0.25, 0.3) is 11.1 Å². The van der Waals surface area contributed by atoms with Crippen molar-refractivity contribution in [3.05, 3.63) is 53.8 Å². The van der Waals surface area contributed by atoms with E-state index in [1.165, 1.54) is 13.2 Å². The molecule has 0 radical (unpaired) electrons. The van der Waals surface area contributed by atoms with Crippen molar-refractivity contribution >= 4 is 6.29 Å². The molecule has 0 atom stereocenters. The van der Waals surface area contributed by atoms with E-state index in [1.807, 2.05) is 0 Å². The molecule has 0 saturated heterocycles. The van der Waals surface area contributed by atoms with Crippen LogP contribution in [0.3, 0.4) is 0 Å². The van der Waals surface area contributed by atoms with Gasteiger partial charge in [0.1, 0.15) is 17.9 Å². The van der Waals surface area contributed by atoms with Crippen molar-refractivity contribution in [3.8, 4) is 16.9 Å². The van der Waals surface area contributed by atoms with E-state index in [0.29, 0.717) is 28.7 Å². The van der Waals surface area contributed by atoms with E-state index < -0.39 is 0 Å². The minimum atomic E-state index is -0.368. The van der Waals surface area contributed by atoms with Crippen LogP contribution in [-0.4, -0.2) is 20.2 Å². The minimum Gasteiger partial charge on any atom is -0.467 e. The molecule has 0 aliphatic rings. The number of benzene rings is 2. The fourth-order valence-electron chi connectivity index (χ4n) is 1.76. The van der Waals surface area contributed by atoms with Crippen LogP contribution in [0.4, 0.5) is 4.39 Å². The molecule has 2 aromatic carbocycles. The Morgan fingerprint density at radius 1 is 1.16 bits per heavy atom. The number of halogens is 1. The molecule has 0 heterocycles. The Morgan fingerprint density at radius 2 is 1.95 bits per heavy atom. The normalized spacial score (nSPS) is 10.2. The molecule has 0 aliphatic carbocycles. The van der Waals surface area contributed by atoms with Gasteiger partial charge < -0.3 is 9.47 Å². The van der Waals surface area contributed by atoms with E-state index in [0.717, 1.165) is 0 Å².